The van der Waals surface area contributed by atoms with Crippen molar-refractivity contribution in [2.75, 3.05) is 0 Å². The molecule has 0 bridgehead atoms. The Bertz CT molecular complexity index is 822. The van der Waals surface area contributed by atoms with Gasteiger partial charge in [0, 0.05) is 11.1 Å². The molecule has 1 atom stereocenters. The molecular weight excluding hydrogens is 294 g/mol. The molecule has 1 aromatic heterocycles. The summed E-state index contributed by atoms with van der Waals surface area (Å²) in [5.41, 5.74) is 7.64. The van der Waals surface area contributed by atoms with E-state index in [0.717, 1.165) is 18.4 Å². The number of amides is 1. The third-order valence-electron chi connectivity index (χ3n) is 3.83. The number of aromatic hydroxyl groups is 1. The largest absolute Gasteiger partial charge is 0.507 e. The van der Waals surface area contributed by atoms with Gasteiger partial charge in [0.25, 0.3) is 5.91 Å². The van der Waals surface area contributed by atoms with Gasteiger partial charge in [-0.2, -0.15) is 5.10 Å². The minimum Gasteiger partial charge on any atom is -0.507 e. The molecule has 0 aliphatic heterocycles. The van der Waals surface area contributed by atoms with E-state index in [4.69, 9.17) is 12.2 Å². The number of carbonyl (C=O) groups excluding carboxylic acids is 1. The lowest BCUT2D eigenvalue weighted by Gasteiger charge is -2.12. The maximum atomic E-state index is 11.1. The first-order valence-corrected chi connectivity index (χ1v) is 7.16. The van der Waals surface area contributed by atoms with Crippen LogP contribution in [0.2, 0.25) is 0 Å². The molecule has 116 valence electrons. The standard InChI is InChI=1S/C17H15N3O3/c1-2-9-3-6-11(14(21)7-9)15-12(10-4-5-10)8-13(19-20-15)16(22)17(18)23/h1,3,6-8,10,16,21-22H,4-5H2,(H2,18,23). The molecule has 4 N–H and O–H groups in total. The molecule has 1 saturated carbocycles. The number of benzene rings is 1. The third-order valence-corrected chi connectivity index (χ3v) is 3.83. The van der Waals surface area contributed by atoms with Crippen molar-refractivity contribution in [3.05, 3.63) is 41.1 Å². The fourth-order valence-electron chi connectivity index (χ4n) is 2.44. The number of phenols is 1. The lowest BCUT2D eigenvalue weighted by atomic mass is 9.99. The zero-order valence-corrected chi connectivity index (χ0v) is 12.2. The van der Waals surface area contributed by atoms with Gasteiger partial charge >= 0.3 is 0 Å². The summed E-state index contributed by atoms with van der Waals surface area (Å²) in [6.45, 7) is 0. The summed E-state index contributed by atoms with van der Waals surface area (Å²) in [4.78, 5) is 11.1. The Kier molecular flexibility index (Phi) is 3.72. The predicted octanol–water partition coefficient (Wildman–Crippen LogP) is 1.23. The van der Waals surface area contributed by atoms with Gasteiger partial charge in [0.1, 0.15) is 17.1 Å². The third kappa shape index (κ3) is 2.87. The molecule has 1 unspecified atom stereocenters. The molecule has 1 fully saturated rings. The van der Waals surface area contributed by atoms with Crippen LogP contribution < -0.4 is 5.73 Å². The van der Waals surface area contributed by atoms with Crippen LogP contribution in [0.3, 0.4) is 0 Å². The van der Waals surface area contributed by atoms with Crippen molar-refractivity contribution < 1.29 is 15.0 Å². The van der Waals surface area contributed by atoms with E-state index in [-0.39, 0.29) is 17.4 Å². The molecule has 1 aliphatic carbocycles. The van der Waals surface area contributed by atoms with Gasteiger partial charge in [-0.25, -0.2) is 0 Å². The van der Waals surface area contributed by atoms with E-state index in [2.05, 4.69) is 16.1 Å². The average Bonchev–Trinajstić information content (AvgIpc) is 3.38. The first-order chi connectivity index (χ1) is 11.0. The smallest absolute Gasteiger partial charge is 0.252 e. The van der Waals surface area contributed by atoms with Gasteiger partial charge in [0.05, 0.1) is 0 Å². The number of hydrogen-bond acceptors (Lipinski definition) is 5. The van der Waals surface area contributed by atoms with Crippen molar-refractivity contribution >= 4 is 5.91 Å². The van der Waals surface area contributed by atoms with Gasteiger partial charge in [-0.05, 0) is 48.6 Å². The summed E-state index contributed by atoms with van der Waals surface area (Å²) in [7, 11) is 0. The van der Waals surface area contributed by atoms with Gasteiger partial charge in [0.15, 0.2) is 6.10 Å². The van der Waals surface area contributed by atoms with E-state index in [1.54, 1.807) is 18.2 Å². The van der Waals surface area contributed by atoms with Crippen LogP contribution in [0, 0.1) is 12.3 Å². The summed E-state index contributed by atoms with van der Waals surface area (Å²) in [6, 6.07) is 6.51. The summed E-state index contributed by atoms with van der Waals surface area (Å²) < 4.78 is 0. The number of carbonyl (C=O) groups is 1. The number of aromatic nitrogens is 2. The highest BCUT2D eigenvalue weighted by atomic mass is 16.3. The lowest BCUT2D eigenvalue weighted by molar-refractivity contribution is -0.126. The molecule has 1 aliphatic rings. The average molecular weight is 309 g/mol. The normalized spacial score (nSPS) is 15.0. The number of terminal acetylenes is 1. The zero-order valence-electron chi connectivity index (χ0n) is 12.2. The Hall–Kier alpha value is -2.91. The van der Waals surface area contributed by atoms with Gasteiger partial charge in [-0.1, -0.05) is 5.92 Å². The highest BCUT2D eigenvalue weighted by Crippen LogP contribution is 2.45. The second kappa shape index (κ2) is 5.71. The fraction of sp³-hybridized carbons (Fsp3) is 0.235. The van der Waals surface area contributed by atoms with Crippen LogP contribution in [-0.2, 0) is 4.79 Å². The number of nitrogens with two attached hydrogens (primary N) is 1. The van der Waals surface area contributed by atoms with Crippen LogP contribution in [0.15, 0.2) is 24.3 Å². The van der Waals surface area contributed by atoms with Crippen molar-refractivity contribution in [1.82, 2.24) is 10.2 Å². The zero-order chi connectivity index (χ0) is 16.6. The van der Waals surface area contributed by atoms with Crippen LogP contribution in [0.25, 0.3) is 11.3 Å². The maximum absolute atomic E-state index is 11.1. The van der Waals surface area contributed by atoms with Gasteiger partial charge in [-0.3, -0.25) is 4.79 Å². The molecule has 0 saturated heterocycles. The van der Waals surface area contributed by atoms with Crippen LogP contribution in [0.4, 0.5) is 0 Å². The highest BCUT2D eigenvalue weighted by molar-refractivity contribution is 5.80. The molecule has 6 nitrogen and oxygen atoms in total. The van der Waals surface area contributed by atoms with E-state index in [0.29, 0.717) is 16.8 Å². The number of aliphatic hydroxyl groups excluding tert-OH is 1. The number of rotatable bonds is 4. The van der Waals surface area contributed by atoms with Crippen molar-refractivity contribution in [2.45, 2.75) is 24.9 Å². The Morgan fingerprint density at radius 1 is 1.35 bits per heavy atom. The number of phenolic OH excluding ortho intramolecular Hbond substituents is 1. The maximum Gasteiger partial charge on any atom is 0.252 e. The van der Waals surface area contributed by atoms with Crippen molar-refractivity contribution in [1.29, 1.82) is 0 Å². The number of nitrogens with zero attached hydrogens (tertiary/aromatic N) is 2. The van der Waals surface area contributed by atoms with Crippen molar-refractivity contribution in [3.8, 4) is 29.4 Å². The van der Waals surface area contributed by atoms with Gasteiger partial charge in [0.2, 0.25) is 0 Å². The Morgan fingerprint density at radius 2 is 2.09 bits per heavy atom. The first kappa shape index (κ1) is 15.0. The summed E-state index contributed by atoms with van der Waals surface area (Å²) in [5, 5.41) is 27.9. The molecule has 0 radical (unpaired) electrons. The van der Waals surface area contributed by atoms with E-state index in [9.17, 15) is 15.0 Å². The van der Waals surface area contributed by atoms with E-state index in [1.807, 2.05) is 0 Å². The lowest BCUT2D eigenvalue weighted by Crippen LogP contribution is -2.22. The molecule has 6 heteroatoms. The van der Waals surface area contributed by atoms with Crippen LogP contribution in [-0.4, -0.2) is 26.3 Å². The monoisotopic (exact) mass is 309 g/mol. The van der Waals surface area contributed by atoms with E-state index < -0.39 is 12.0 Å². The molecule has 1 aromatic carbocycles. The predicted molar refractivity (Wildman–Crippen MR) is 83.2 cm³/mol. The second-order valence-electron chi connectivity index (χ2n) is 5.53. The quantitative estimate of drug-likeness (QED) is 0.736. The van der Waals surface area contributed by atoms with E-state index >= 15 is 0 Å². The summed E-state index contributed by atoms with van der Waals surface area (Å²) >= 11 is 0. The van der Waals surface area contributed by atoms with Crippen molar-refractivity contribution in [2.24, 2.45) is 5.73 Å². The van der Waals surface area contributed by atoms with Crippen LogP contribution in [0.1, 0.15) is 41.7 Å². The molecule has 23 heavy (non-hydrogen) atoms. The Labute approximate surface area is 133 Å². The molecule has 1 amide bonds. The van der Waals surface area contributed by atoms with Gasteiger partial charge in [-0.15, -0.1) is 11.5 Å². The summed E-state index contributed by atoms with van der Waals surface area (Å²) in [5.74, 6) is 1.86. The van der Waals surface area contributed by atoms with Gasteiger partial charge < -0.3 is 15.9 Å². The van der Waals surface area contributed by atoms with Crippen molar-refractivity contribution in [3.63, 3.8) is 0 Å². The number of aliphatic hydroxyl groups is 1. The second-order valence-corrected chi connectivity index (χ2v) is 5.53. The molecule has 3 rings (SSSR count). The number of primary amides is 1. The molecular formula is C17H15N3O3. The molecule has 1 heterocycles. The minimum absolute atomic E-state index is 0.0137. The number of hydrogen-bond donors (Lipinski definition) is 3. The highest BCUT2D eigenvalue weighted by Gasteiger charge is 2.30. The Balaban J connectivity index is 2.09. The first-order valence-electron chi connectivity index (χ1n) is 7.16. The topological polar surface area (TPSA) is 109 Å². The van der Waals surface area contributed by atoms with E-state index in [1.165, 1.54) is 6.07 Å². The molecule has 0 spiro atoms. The summed E-state index contributed by atoms with van der Waals surface area (Å²) in [6.07, 6.45) is 5.78. The van der Waals surface area contributed by atoms with Crippen LogP contribution in [0.5, 0.6) is 5.75 Å². The SMILES string of the molecule is C#Cc1ccc(-c2nnc(C(O)C(N)=O)cc2C2CC2)c(O)c1. The molecule has 2 aromatic rings. The minimum atomic E-state index is -1.49. The van der Waals surface area contributed by atoms with Crippen LogP contribution >= 0.6 is 0 Å². The Morgan fingerprint density at radius 3 is 2.65 bits per heavy atom. The fourth-order valence-corrected chi connectivity index (χ4v) is 2.44.